The van der Waals surface area contributed by atoms with Crippen molar-refractivity contribution in [3.8, 4) is 0 Å². The van der Waals surface area contributed by atoms with E-state index in [1.54, 1.807) is 0 Å². The SMILES string of the molecule is CN1CCOC[C@@H]1C(=O)N1CCC(O)(c2ccccc2)C2CCCCC21. The van der Waals surface area contributed by atoms with Crippen molar-refractivity contribution in [2.45, 2.75) is 49.8 Å². The molecule has 1 aromatic rings. The van der Waals surface area contributed by atoms with Crippen LogP contribution in [0.15, 0.2) is 30.3 Å². The first-order valence-electron chi connectivity index (χ1n) is 9.97. The average Bonchev–Trinajstić information content (AvgIpc) is 2.69. The Labute approximate surface area is 155 Å². The summed E-state index contributed by atoms with van der Waals surface area (Å²) < 4.78 is 5.57. The number of nitrogens with zero attached hydrogens (tertiary/aromatic N) is 2. The molecule has 0 spiro atoms. The fourth-order valence-electron chi connectivity index (χ4n) is 5.18. The second-order valence-corrected chi connectivity index (χ2v) is 8.10. The predicted octanol–water partition coefficient (Wildman–Crippen LogP) is 2.00. The normalized spacial score (nSPS) is 35.8. The van der Waals surface area contributed by atoms with Crippen molar-refractivity contribution in [2.24, 2.45) is 5.92 Å². The van der Waals surface area contributed by atoms with Crippen LogP contribution in [-0.4, -0.2) is 66.2 Å². The van der Waals surface area contributed by atoms with Crippen LogP contribution in [0.25, 0.3) is 0 Å². The van der Waals surface area contributed by atoms with Crippen LogP contribution in [0.1, 0.15) is 37.7 Å². The molecular weight excluding hydrogens is 328 g/mol. The maximum Gasteiger partial charge on any atom is 0.242 e. The minimum absolute atomic E-state index is 0.117. The quantitative estimate of drug-likeness (QED) is 0.879. The van der Waals surface area contributed by atoms with E-state index in [0.29, 0.717) is 26.2 Å². The number of piperidine rings is 1. The van der Waals surface area contributed by atoms with Gasteiger partial charge in [0.2, 0.25) is 5.91 Å². The molecular formula is C21H30N2O3. The maximum atomic E-state index is 13.3. The van der Waals surface area contributed by atoms with Crippen LogP contribution in [0.2, 0.25) is 0 Å². The second kappa shape index (κ2) is 7.29. The summed E-state index contributed by atoms with van der Waals surface area (Å²) in [4.78, 5) is 17.5. The standard InChI is InChI=1S/C21H30N2O3/c1-22-13-14-26-15-19(22)20(24)23-12-11-21(25,16-7-3-2-4-8-16)17-9-5-6-10-18(17)23/h2-4,7-8,17-19,25H,5-6,9-15H2,1H3/t17?,18?,19-,21?/m1/s1. The van der Waals surface area contributed by atoms with Gasteiger partial charge in [0.15, 0.2) is 0 Å². The van der Waals surface area contributed by atoms with Gasteiger partial charge in [0.05, 0.1) is 18.8 Å². The van der Waals surface area contributed by atoms with E-state index < -0.39 is 5.60 Å². The number of ether oxygens (including phenoxy) is 1. The molecule has 5 nitrogen and oxygen atoms in total. The lowest BCUT2D eigenvalue weighted by Gasteiger charge is -2.53. The molecule has 3 aliphatic rings. The van der Waals surface area contributed by atoms with Gasteiger partial charge in [-0.15, -0.1) is 0 Å². The molecule has 26 heavy (non-hydrogen) atoms. The summed E-state index contributed by atoms with van der Waals surface area (Å²) in [6, 6.07) is 9.99. The molecule has 1 N–H and O–H groups in total. The summed E-state index contributed by atoms with van der Waals surface area (Å²) in [6.07, 6.45) is 4.85. The molecule has 0 radical (unpaired) electrons. The summed E-state index contributed by atoms with van der Waals surface area (Å²) in [5.74, 6) is 0.297. The predicted molar refractivity (Wildman–Crippen MR) is 99.7 cm³/mol. The van der Waals surface area contributed by atoms with Crippen molar-refractivity contribution in [3.63, 3.8) is 0 Å². The number of likely N-dealkylation sites (tertiary alicyclic amines) is 1. The monoisotopic (exact) mass is 358 g/mol. The number of morpholine rings is 1. The largest absolute Gasteiger partial charge is 0.385 e. The second-order valence-electron chi connectivity index (χ2n) is 8.10. The van der Waals surface area contributed by atoms with E-state index in [1.807, 2.05) is 37.4 Å². The lowest BCUT2D eigenvalue weighted by Crippen LogP contribution is -2.63. The number of aliphatic hydroxyl groups is 1. The van der Waals surface area contributed by atoms with Crippen LogP contribution < -0.4 is 0 Å². The minimum atomic E-state index is -0.821. The summed E-state index contributed by atoms with van der Waals surface area (Å²) in [5.41, 5.74) is 0.181. The highest BCUT2D eigenvalue weighted by atomic mass is 16.5. The van der Waals surface area contributed by atoms with Crippen LogP contribution in [0.3, 0.4) is 0 Å². The van der Waals surface area contributed by atoms with Crippen molar-refractivity contribution in [1.82, 2.24) is 9.80 Å². The van der Waals surface area contributed by atoms with Crippen molar-refractivity contribution < 1.29 is 14.6 Å². The Morgan fingerprint density at radius 3 is 2.73 bits per heavy atom. The number of likely N-dealkylation sites (N-methyl/N-ethyl adjacent to an activating group) is 1. The van der Waals surface area contributed by atoms with Gasteiger partial charge in [-0.2, -0.15) is 0 Å². The third kappa shape index (κ3) is 3.06. The molecule has 1 amide bonds. The molecule has 3 fully saturated rings. The van der Waals surface area contributed by atoms with E-state index >= 15 is 0 Å². The van der Waals surface area contributed by atoms with Gasteiger partial charge >= 0.3 is 0 Å². The number of benzene rings is 1. The fourth-order valence-corrected chi connectivity index (χ4v) is 5.18. The van der Waals surface area contributed by atoms with Crippen LogP contribution in [-0.2, 0) is 15.1 Å². The van der Waals surface area contributed by atoms with E-state index in [9.17, 15) is 9.90 Å². The van der Waals surface area contributed by atoms with Gasteiger partial charge < -0.3 is 14.7 Å². The van der Waals surface area contributed by atoms with Crippen molar-refractivity contribution >= 4 is 5.91 Å². The third-order valence-electron chi connectivity index (χ3n) is 6.71. The molecule has 142 valence electrons. The molecule has 2 heterocycles. The minimum Gasteiger partial charge on any atom is -0.385 e. The highest BCUT2D eigenvalue weighted by Gasteiger charge is 2.51. The number of fused-ring (bicyclic) bond motifs is 1. The lowest BCUT2D eigenvalue weighted by atomic mass is 9.66. The molecule has 4 atom stereocenters. The molecule has 1 aromatic carbocycles. The first kappa shape index (κ1) is 18.0. The molecule has 3 unspecified atom stereocenters. The Morgan fingerprint density at radius 2 is 1.96 bits per heavy atom. The lowest BCUT2D eigenvalue weighted by molar-refractivity contribution is -0.163. The molecule has 2 aliphatic heterocycles. The topological polar surface area (TPSA) is 53.0 Å². The van der Waals surface area contributed by atoms with Crippen molar-refractivity contribution in [2.75, 3.05) is 33.4 Å². The van der Waals surface area contributed by atoms with E-state index in [4.69, 9.17) is 4.74 Å². The van der Waals surface area contributed by atoms with E-state index in [-0.39, 0.29) is 23.9 Å². The van der Waals surface area contributed by atoms with Crippen LogP contribution >= 0.6 is 0 Å². The van der Waals surface area contributed by atoms with Crippen molar-refractivity contribution in [3.05, 3.63) is 35.9 Å². The van der Waals surface area contributed by atoms with E-state index in [1.165, 1.54) is 0 Å². The Balaban J connectivity index is 1.59. The highest BCUT2D eigenvalue weighted by Crippen LogP contribution is 2.47. The zero-order valence-electron chi connectivity index (χ0n) is 15.6. The summed E-state index contributed by atoms with van der Waals surface area (Å²) >= 11 is 0. The molecule has 4 rings (SSSR count). The average molecular weight is 358 g/mol. The number of amides is 1. The zero-order chi connectivity index (χ0) is 18.1. The van der Waals surface area contributed by atoms with E-state index in [2.05, 4.69) is 9.80 Å². The highest BCUT2D eigenvalue weighted by molar-refractivity contribution is 5.82. The van der Waals surface area contributed by atoms with Gasteiger partial charge in [0, 0.05) is 25.0 Å². The molecule has 0 aromatic heterocycles. The number of carbonyl (C=O) groups is 1. The van der Waals surface area contributed by atoms with Gasteiger partial charge in [0.25, 0.3) is 0 Å². The Bertz CT molecular complexity index is 637. The van der Waals surface area contributed by atoms with Crippen LogP contribution in [0.4, 0.5) is 0 Å². The van der Waals surface area contributed by atoms with E-state index in [0.717, 1.165) is 37.8 Å². The summed E-state index contributed by atoms with van der Waals surface area (Å²) in [5, 5.41) is 11.6. The first-order valence-corrected chi connectivity index (χ1v) is 9.97. The first-order chi connectivity index (χ1) is 12.6. The molecule has 5 heteroatoms. The van der Waals surface area contributed by atoms with Gasteiger partial charge in [-0.3, -0.25) is 9.69 Å². The summed E-state index contributed by atoms with van der Waals surface area (Å²) in [7, 11) is 2.01. The molecule has 2 saturated heterocycles. The van der Waals surface area contributed by atoms with Crippen LogP contribution in [0.5, 0.6) is 0 Å². The Morgan fingerprint density at radius 1 is 1.19 bits per heavy atom. The van der Waals surface area contributed by atoms with Gasteiger partial charge in [-0.1, -0.05) is 43.2 Å². The smallest absolute Gasteiger partial charge is 0.242 e. The number of rotatable bonds is 2. The maximum absolute atomic E-state index is 13.3. The Kier molecular flexibility index (Phi) is 5.04. The van der Waals surface area contributed by atoms with Gasteiger partial charge in [-0.25, -0.2) is 0 Å². The number of hydrogen-bond acceptors (Lipinski definition) is 4. The molecule has 1 saturated carbocycles. The number of carbonyl (C=O) groups excluding carboxylic acids is 1. The number of hydrogen-bond donors (Lipinski definition) is 1. The fraction of sp³-hybridized carbons (Fsp3) is 0.667. The molecule has 1 aliphatic carbocycles. The molecule has 0 bridgehead atoms. The van der Waals surface area contributed by atoms with Gasteiger partial charge in [-0.05, 0) is 31.9 Å². The zero-order valence-corrected chi connectivity index (χ0v) is 15.6. The van der Waals surface area contributed by atoms with Crippen LogP contribution in [0, 0.1) is 5.92 Å². The van der Waals surface area contributed by atoms with Crippen molar-refractivity contribution in [1.29, 1.82) is 0 Å². The Hall–Kier alpha value is -1.43. The van der Waals surface area contributed by atoms with Gasteiger partial charge in [0.1, 0.15) is 6.04 Å². The third-order valence-corrected chi connectivity index (χ3v) is 6.71. The summed E-state index contributed by atoms with van der Waals surface area (Å²) in [6.45, 7) is 2.59.